The van der Waals surface area contributed by atoms with Gasteiger partial charge in [0.15, 0.2) is 0 Å². The Bertz CT molecular complexity index is 1220. The summed E-state index contributed by atoms with van der Waals surface area (Å²) < 4.78 is 16.6. The molecule has 162 valence electrons. The Balaban J connectivity index is 1.44. The molecule has 0 aliphatic carbocycles. The molecule has 1 N–H and O–H groups in total. The standard InChI is InChI=1S/C27H25NO4/c1-30-24-11-7-19(8-12-24)17-28-27(29)22-10-14-26(31-2)23(15-22)18-32-25-13-9-20-5-3-4-6-21(20)16-25/h3-16H,17-18H2,1-2H3,(H,28,29). The van der Waals surface area contributed by atoms with Gasteiger partial charge in [-0.2, -0.15) is 0 Å². The minimum absolute atomic E-state index is 0.157. The summed E-state index contributed by atoms with van der Waals surface area (Å²) in [6, 6.07) is 27.1. The third kappa shape index (κ3) is 5.01. The maximum atomic E-state index is 12.7. The molecule has 0 saturated heterocycles. The molecule has 0 unspecified atom stereocenters. The van der Waals surface area contributed by atoms with Crippen LogP contribution in [0.15, 0.2) is 84.9 Å². The van der Waals surface area contributed by atoms with E-state index in [4.69, 9.17) is 14.2 Å². The number of hydrogen-bond acceptors (Lipinski definition) is 4. The molecular formula is C27H25NO4. The normalized spacial score (nSPS) is 10.6. The topological polar surface area (TPSA) is 56.8 Å². The Hall–Kier alpha value is -3.99. The van der Waals surface area contributed by atoms with Crippen molar-refractivity contribution in [3.05, 3.63) is 102 Å². The number of hydrogen-bond donors (Lipinski definition) is 1. The molecule has 4 rings (SSSR count). The number of rotatable bonds is 8. The van der Waals surface area contributed by atoms with Crippen LogP contribution in [0.3, 0.4) is 0 Å². The number of ether oxygens (including phenoxy) is 3. The largest absolute Gasteiger partial charge is 0.497 e. The van der Waals surface area contributed by atoms with E-state index in [2.05, 4.69) is 17.4 Å². The lowest BCUT2D eigenvalue weighted by Gasteiger charge is -2.13. The van der Waals surface area contributed by atoms with Crippen LogP contribution >= 0.6 is 0 Å². The van der Waals surface area contributed by atoms with Crippen LogP contribution in [-0.2, 0) is 13.2 Å². The Kier molecular flexibility index (Phi) is 6.56. The van der Waals surface area contributed by atoms with Crippen LogP contribution in [0.5, 0.6) is 17.2 Å². The fourth-order valence-corrected chi connectivity index (χ4v) is 3.48. The molecule has 0 fully saturated rings. The van der Waals surface area contributed by atoms with E-state index >= 15 is 0 Å². The first-order valence-corrected chi connectivity index (χ1v) is 10.4. The van der Waals surface area contributed by atoms with E-state index < -0.39 is 0 Å². The highest BCUT2D eigenvalue weighted by molar-refractivity contribution is 5.94. The van der Waals surface area contributed by atoms with Crippen molar-refractivity contribution in [1.82, 2.24) is 5.32 Å². The van der Waals surface area contributed by atoms with Gasteiger partial charge < -0.3 is 19.5 Å². The van der Waals surface area contributed by atoms with Crippen molar-refractivity contribution in [2.75, 3.05) is 14.2 Å². The zero-order valence-electron chi connectivity index (χ0n) is 18.1. The summed E-state index contributed by atoms with van der Waals surface area (Å²) in [5.41, 5.74) is 2.35. The molecule has 0 aliphatic rings. The first-order valence-electron chi connectivity index (χ1n) is 10.4. The molecule has 32 heavy (non-hydrogen) atoms. The highest BCUT2D eigenvalue weighted by Crippen LogP contribution is 2.25. The van der Waals surface area contributed by atoms with Crippen molar-refractivity contribution in [1.29, 1.82) is 0 Å². The Labute approximate surface area is 187 Å². The number of amides is 1. The third-order valence-electron chi connectivity index (χ3n) is 5.27. The van der Waals surface area contributed by atoms with Crippen LogP contribution < -0.4 is 19.5 Å². The van der Waals surface area contributed by atoms with Crippen molar-refractivity contribution in [2.45, 2.75) is 13.2 Å². The van der Waals surface area contributed by atoms with Gasteiger partial charge in [0.2, 0.25) is 0 Å². The van der Waals surface area contributed by atoms with E-state index in [1.165, 1.54) is 0 Å². The van der Waals surface area contributed by atoms with E-state index in [1.807, 2.05) is 60.7 Å². The van der Waals surface area contributed by atoms with Crippen molar-refractivity contribution >= 4 is 16.7 Å². The fourth-order valence-electron chi connectivity index (χ4n) is 3.48. The zero-order valence-corrected chi connectivity index (χ0v) is 18.1. The molecule has 1 amide bonds. The number of benzene rings is 4. The first-order chi connectivity index (χ1) is 15.7. The summed E-state index contributed by atoms with van der Waals surface area (Å²) >= 11 is 0. The fraction of sp³-hybridized carbons (Fsp3) is 0.148. The van der Waals surface area contributed by atoms with E-state index in [0.29, 0.717) is 24.5 Å². The van der Waals surface area contributed by atoms with Gasteiger partial charge in [0.05, 0.1) is 14.2 Å². The second kappa shape index (κ2) is 9.88. The van der Waals surface area contributed by atoms with Crippen molar-refractivity contribution in [3.8, 4) is 17.2 Å². The second-order valence-electron chi connectivity index (χ2n) is 7.36. The molecule has 0 saturated carbocycles. The molecular weight excluding hydrogens is 402 g/mol. The number of carbonyl (C=O) groups excluding carboxylic acids is 1. The minimum atomic E-state index is -0.157. The van der Waals surface area contributed by atoms with Crippen LogP contribution in [0.2, 0.25) is 0 Å². The molecule has 4 aromatic carbocycles. The maximum absolute atomic E-state index is 12.7. The van der Waals surface area contributed by atoms with Crippen molar-refractivity contribution in [2.24, 2.45) is 0 Å². The zero-order chi connectivity index (χ0) is 22.3. The highest BCUT2D eigenvalue weighted by Gasteiger charge is 2.11. The maximum Gasteiger partial charge on any atom is 0.251 e. The average molecular weight is 428 g/mol. The quantitative estimate of drug-likeness (QED) is 0.411. The number of fused-ring (bicyclic) bond motifs is 1. The predicted molar refractivity (Wildman–Crippen MR) is 125 cm³/mol. The minimum Gasteiger partial charge on any atom is -0.497 e. The molecule has 5 heteroatoms. The SMILES string of the molecule is COc1ccc(CNC(=O)c2ccc(OC)c(COc3ccc4ccccc4c3)c2)cc1. The van der Waals surface area contributed by atoms with Crippen molar-refractivity contribution < 1.29 is 19.0 Å². The smallest absolute Gasteiger partial charge is 0.251 e. The van der Waals surface area contributed by atoms with Gasteiger partial charge in [0.1, 0.15) is 23.9 Å². The molecule has 5 nitrogen and oxygen atoms in total. The van der Waals surface area contributed by atoms with Crippen LogP contribution in [0.4, 0.5) is 0 Å². The van der Waals surface area contributed by atoms with Gasteiger partial charge in [-0.3, -0.25) is 4.79 Å². The van der Waals surface area contributed by atoms with Gasteiger partial charge in [-0.05, 0) is 58.8 Å². The molecule has 0 atom stereocenters. The van der Waals surface area contributed by atoms with Gasteiger partial charge in [0, 0.05) is 17.7 Å². The molecule has 0 radical (unpaired) electrons. The third-order valence-corrected chi connectivity index (χ3v) is 5.27. The molecule has 0 bridgehead atoms. The van der Waals surface area contributed by atoms with Crippen LogP contribution in [0, 0.1) is 0 Å². The molecule has 0 spiro atoms. The number of carbonyl (C=O) groups is 1. The Morgan fingerprint density at radius 2 is 1.53 bits per heavy atom. The van der Waals surface area contributed by atoms with E-state index in [9.17, 15) is 4.79 Å². The monoisotopic (exact) mass is 427 g/mol. The summed E-state index contributed by atoms with van der Waals surface area (Å²) in [5.74, 6) is 2.07. The van der Waals surface area contributed by atoms with Gasteiger partial charge >= 0.3 is 0 Å². The predicted octanol–water partition coefficient (Wildman–Crippen LogP) is 5.37. The number of nitrogens with one attached hydrogen (secondary N) is 1. The Morgan fingerprint density at radius 1 is 0.781 bits per heavy atom. The summed E-state index contributed by atoms with van der Waals surface area (Å²) in [6.45, 7) is 0.721. The lowest BCUT2D eigenvalue weighted by molar-refractivity contribution is 0.0950. The van der Waals surface area contributed by atoms with Crippen LogP contribution in [-0.4, -0.2) is 20.1 Å². The van der Waals surface area contributed by atoms with E-state index in [-0.39, 0.29) is 5.91 Å². The lowest BCUT2D eigenvalue weighted by Crippen LogP contribution is -2.23. The molecule has 0 aliphatic heterocycles. The van der Waals surface area contributed by atoms with Gasteiger partial charge in [-0.1, -0.05) is 42.5 Å². The van der Waals surface area contributed by atoms with Crippen LogP contribution in [0.1, 0.15) is 21.5 Å². The molecule has 0 aromatic heterocycles. The second-order valence-corrected chi connectivity index (χ2v) is 7.36. The van der Waals surface area contributed by atoms with E-state index in [1.54, 1.807) is 26.4 Å². The highest BCUT2D eigenvalue weighted by atomic mass is 16.5. The van der Waals surface area contributed by atoms with Crippen molar-refractivity contribution in [3.63, 3.8) is 0 Å². The van der Waals surface area contributed by atoms with Gasteiger partial charge in [-0.25, -0.2) is 0 Å². The lowest BCUT2D eigenvalue weighted by atomic mass is 10.1. The molecule has 0 heterocycles. The summed E-state index contributed by atoms with van der Waals surface area (Å²) in [6.07, 6.45) is 0. The number of methoxy groups -OCH3 is 2. The molecule has 4 aromatic rings. The van der Waals surface area contributed by atoms with E-state index in [0.717, 1.165) is 33.4 Å². The van der Waals surface area contributed by atoms with Gasteiger partial charge in [-0.15, -0.1) is 0 Å². The summed E-state index contributed by atoms with van der Waals surface area (Å²) in [7, 11) is 3.24. The first kappa shape index (κ1) is 21.2. The van der Waals surface area contributed by atoms with Gasteiger partial charge in [0.25, 0.3) is 5.91 Å². The van der Waals surface area contributed by atoms with Crippen LogP contribution in [0.25, 0.3) is 10.8 Å². The average Bonchev–Trinajstić information content (AvgIpc) is 2.86. The Morgan fingerprint density at radius 3 is 2.28 bits per heavy atom. The summed E-state index contributed by atoms with van der Waals surface area (Å²) in [4.78, 5) is 12.7. The summed E-state index contributed by atoms with van der Waals surface area (Å²) in [5, 5.41) is 5.22.